The predicted octanol–water partition coefficient (Wildman–Crippen LogP) is 5.44. The van der Waals surface area contributed by atoms with E-state index in [2.05, 4.69) is 46.5 Å². The summed E-state index contributed by atoms with van der Waals surface area (Å²) in [7, 11) is 0. The molecule has 4 aromatic rings. The standard InChI is InChI=1S/C19H17BrN6OS.C2H6/c20-14-11-22-18(26-17(14)21-9-10-27)23-12-5-7-13(8-6-12)28-19-24-15-3-1-2-4-16(15)25-19;1-2/h1-8,11,27H,9-10H2,(H,24,25)(H2,21,22,23,26);1-2H3. The minimum Gasteiger partial charge on any atom is -0.395 e. The summed E-state index contributed by atoms with van der Waals surface area (Å²) >= 11 is 4.97. The number of para-hydroxylation sites is 2. The van der Waals surface area contributed by atoms with Crippen LogP contribution in [0.2, 0.25) is 0 Å². The van der Waals surface area contributed by atoms with Gasteiger partial charge in [-0.2, -0.15) is 4.98 Å². The average Bonchev–Trinajstić information content (AvgIpc) is 3.19. The van der Waals surface area contributed by atoms with Crippen LogP contribution in [0.5, 0.6) is 0 Å². The Morgan fingerprint density at radius 2 is 1.83 bits per heavy atom. The minimum atomic E-state index is 0.0313. The van der Waals surface area contributed by atoms with Gasteiger partial charge in [0.2, 0.25) is 5.95 Å². The van der Waals surface area contributed by atoms with Crippen molar-refractivity contribution in [2.24, 2.45) is 0 Å². The van der Waals surface area contributed by atoms with Crippen LogP contribution in [0.25, 0.3) is 11.0 Å². The zero-order valence-electron chi connectivity index (χ0n) is 16.7. The van der Waals surface area contributed by atoms with E-state index >= 15 is 0 Å². The molecule has 0 bridgehead atoms. The van der Waals surface area contributed by atoms with E-state index in [1.807, 2.05) is 62.4 Å². The Morgan fingerprint density at radius 1 is 1.07 bits per heavy atom. The Balaban J connectivity index is 0.00000124. The third kappa shape index (κ3) is 5.71. The van der Waals surface area contributed by atoms with E-state index in [0.29, 0.717) is 18.3 Å². The van der Waals surface area contributed by atoms with Crippen LogP contribution in [0.3, 0.4) is 0 Å². The molecule has 0 spiro atoms. The Kier molecular flexibility index (Phi) is 8.06. The maximum atomic E-state index is 8.95. The van der Waals surface area contributed by atoms with Crippen LogP contribution in [-0.2, 0) is 0 Å². The van der Waals surface area contributed by atoms with Crippen LogP contribution < -0.4 is 10.6 Å². The number of hydrogen-bond acceptors (Lipinski definition) is 7. The highest BCUT2D eigenvalue weighted by Crippen LogP contribution is 2.29. The Morgan fingerprint density at radius 3 is 2.57 bits per heavy atom. The molecule has 0 aliphatic rings. The van der Waals surface area contributed by atoms with E-state index in [9.17, 15) is 0 Å². The number of hydrogen-bond donors (Lipinski definition) is 4. The fourth-order valence-electron chi connectivity index (χ4n) is 2.55. The lowest BCUT2D eigenvalue weighted by Gasteiger charge is -2.09. The Bertz CT molecular complexity index is 1050. The molecular formula is C21H23BrN6OS. The summed E-state index contributed by atoms with van der Waals surface area (Å²) in [6, 6.07) is 16.0. The number of aromatic nitrogens is 4. The molecule has 7 nitrogen and oxygen atoms in total. The van der Waals surface area contributed by atoms with Gasteiger partial charge in [0.1, 0.15) is 5.82 Å². The second-order valence-corrected chi connectivity index (χ2v) is 7.77. The lowest BCUT2D eigenvalue weighted by atomic mass is 10.3. The number of halogens is 1. The van der Waals surface area contributed by atoms with Crippen molar-refractivity contribution in [2.45, 2.75) is 23.9 Å². The van der Waals surface area contributed by atoms with Gasteiger partial charge in [-0.1, -0.05) is 37.7 Å². The topological polar surface area (TPSA) is 98.7 Å². The first-order valence-corrected chi connectivity index (χ1v) is 11.2. The van der Waals surface area contributed by atoms with Crippen LogP contribution >= 0.6 is 27.7 Å². The first-order valence-electron chi connectivity index (χ1n) is 9.58. The van der Waals surface area contributed by atoms with Gasteiger partial charge in [0.25, 0.3) is 0 Å². The van der Waals surface area contributed by atoms with Crippen molar-refractivity contribution in [1.29, 1.82) is 0 Å². The monoisotopic (exact) mass is 486 g/mol. The molecule has 0 atom stereocenters. The summed E-state index contributed by atoms with van der Waals surface area (Å²) in [6.45, 7) is 4.45. The number of aliphatic hydroxyl groups is 1. The zero-order chi connectivity index (χ0) is 21.3. The van der Waals surface area contributed by atoms with Crippen LogP contribution in [0.1, 0.15) is 13.8 Å². The van der Waals surface area contributed by atoms with E-state index in [4.69, 9.17) is 5.11 Å². The van der Waals surface area contributed by atoms with Gasteiger partial charge in [-0.25, -0.2) is 9.97 Å². The van der Waals surface area contributed by atoms with Gasteiger partial charge in [0, 0.05) is 23.3 Å². The number of nitrogens with one attached hydrogen (secondary N) is 3. The van der Waals surface area contributed by atoms with Gasteiger partial charge in [0.05, 0.1) is 22.1 Å². The second-order valence-electron chi connectivity index (χ2n) is 5.85. The Labute approximate surface area is 187 Å². The maximum Gasteiger partial charge on any atom is 0.229 e. The third-order valence-electron chi connectivity index (χ3n) is 3.84. The highest BCUT2D eigenvalue weighted by Gasteiger charge is 2.07. The molecule has 9 heteroatoms. The van der Waals surface area contributed by atoms with Crippen LogP contribution in [0, 0.1) is 0 Å². The van der Waals surface area contributed by atoms with Crippen molar-refractivity contribution in [1.82, 2.24) is 19.9 Å². The quantitative estimate of drug-likeness (QED) is 0.276. The molecule has 0 saturated carbocycles. The number of H-pyrrole nitrogens is 1. The van der Waals surface area contributed by atoms with Gasteiger partial charge < -0.3 is 20.7 Å². The normalized spacial score (nSPS) is 10.4. The van der Waals surface area contributed by atoms with E-state index in [-0.39, 0.29) is 6.61 Å². The van der Waals surface area contributed by atoms with Gasteiger partial charge in [-0.3, -0.25) is 0 Å². The number of aromatic amines is 1. The molecule has 0 saturated heterocycles. The van der Waals surface area contributed by atoms with E-state index in [0.717, 1.165) is 31.2 Å². The summed E-state index contributed by atoms with van der Waals surface area (Å²) in [5, 5.41) is 16.0. The van der Waals surface area contributed by atoms with Gasteiger partial charge in [-0.15, -0.1) is 0 Å². The molecule has 0 unspecified atom stereocenters. The van der Waals surface area contributed by atoms with Crippen LogP contribution in [0.15, 0.2) is 69.3 Å². The summed E-state index contributed by atoms with van der Waals surface area (Å²) in [5.74, 6) is 1.10. The third-order valence-corrected chi connectivity index (χ3v) is 5.32. The van der Waals surface area contributed by atoms with E-state index < -0.39 is 0 Å². The molecule has 2 heterocycles. The molecule has 30 heavy (non-hydrogen) atoms. The molecule has 0 radical (unpaired) electrons. The number of fused-ring (bicyclic) bond motifs is 1. The summed E-state index contributed by atoms with van der Waals surface area (Å²) in [6.07, 6.45) is 1.67. The second kappa shape index (κ2) is 11.0. The van der Waals surface area contributed by atoms with Crippen molar-refractivity contribution < 1.29 is 5.11 Å². The number of rotatable bonds is 7. The fraction of sp³-hybridized carbons (Fsp3) is 0.190. The van der Waals surface area contributed by atoms with Gasteiger partial charge >= 0.3 is 0 Å². The van der Waals surface area contributed by atoms with E-state index in [1.54, 1.807) is 18.0 Å². The maximum absolute atomic E-state index is 8.95. The average molecular weight is 487 g/mol. The zero-order valence-corrected chi connectivity index (χ0v) is 19.1. The van der Waals surface area contributed by atoms with Crippen molar-refractivity contribution >= 4 is 56.2 Å². The largest absolute Gasteiger partial charge is 0.395 e. The van der Waals surface area contributed by atoms with Crippen molar-refractivity contribution in [2.75, 3.05) is 23.8 Å². The van der Waals surface area contributed by atoms with Crippen molar-refractivity contribution in [3.05, 3.63) is 59.2 Å². The number of anilines is 3. The highest BCUT2D eigenvalue weighted by molar-refractivity contribution is 9.10. The summed E-state index contributed by atoms with van der Waals surface area (Å²) < 4.78 is 0.740. The first-order chi connectivity index (χ1) is 14.7. The lowest BCUT2D eigenvalue weighted by Crippen LogP contribution is -2.09. The molecule has 156 valence electrons. The number of imidazole rings is 1. The molecule has 0 aliphatic heterocycles. The SMILES string of the molecule is CC.OCCNc1nc(Nc2ccc(Sc3nc4ccccc4[nH]3)cc2)ncc1Br. The fourth-order valence-corrected chi connectivity index (χ4v) is 3.68. The van der Waals surface area contributed by atoms with Gasteiger partial charge in [-0.05, 0) is 52.3 Å². The smallest absolute Gasteiger partial charge is 0.229 e. The van der Waals surface area contributed by atoms with Crippen molar-refractivity contribution in [3.8, 4) is 0 Å². The van der Waals surface area contributed by atoms with Crippen molar-refractivity contribution in [3.63, 3.8) is 0 Å². The molecule has 4 rings (SSSR count). The molecule has 0 aliphatic carbocycles. The molecule has 2 aromatic carbocycles. The molecular weight excluding hydrogens is 464 g/mol. The molecule has 4 N–H and O–H groups in total. The number of benzene rings is 2. The Hall–Kier alpha value is -2.62. The summed E-state index contributed by atoms with van der Waals surface area (Å²) in [4.78, 5) is 17.6. The molecule has 0 amide bonds. The lowest BCUT2D eigenvalue weighted by molar-refractivity contribution is 0.311. The number of nitrogens with zero attached hydrogens (tertiary/aromatic N) is 3. The minimum absolute atomic E-state index is 0.0313. The molecule has 0 fully saturated rings. The highest BCUT2D eigenvalue weighted by atomic mass is 79.9. The van der Waals surface area contributed by atoms with E-state index in [1.165, 1.54) is 0 Å². The van der Waals surface area contributed by atoms with Gasteiger partial charge in [0.15, 0.2) is 5.16 Å². The first kappa shape index (κ1) is 22.1. The summed E-state index contributed by atoms with van der Waals surface area (Å²) in [5.41, 5.74) is 2.87. The molecule has 2 aromatic heterocycles. The number of aliphatic hydroxyl groups excluding tert-OH is 1. The van der Waals surface area contributed by atoms with Crippen LogP contribution in [0.4, 0.5) is 17.5 Å². The van der Waals surface area contributed by atoms with Crippen LogP contribution in [-0.4, -0.2) is 38.2 Å². The predicted molar refractivity (Wildman–Crippen MR) is 127 cm³/mol.